The van der Waals surface area contributed by atoms with Crippen LogP contribution in [0.15, 0.2) is 4.99 Å². The van der Waals surface area contributed by atoms with E-state index < -0.39 is 0 Å². The summed E-state index contributed by atoms with van der Waals surface area (Å²) < 4.78 is 16.1. The number of rotatable bonds is 3. The minimum atomic E-state index is 0.00412. The maximum absolute atomic E-state index is 5.43. The molecule has 2 rings (SSSR count). The van der Waals surface area contributed by atoms with Crippen LogP contribution in [0, 0.1) is 0 Å². The first-order valence-corrected chi connectivity index (χ1v) is 6.22. The van der Waals surface area contributed by atoms with Gasteiger partial charge in [-0.15, -0.1) is 0 Å². The van der Waals surface area contributed by atoms with Crippen LogP contribution in [-0.4, -0.2) is 38.6 Å². The third kappa shape index (κ3) is 3.46. The van der Waals surface area contributed by atoms with E-state index in [1.165, 1.54) is 19.3 Å². The number of hydrogen-bond donors (Lipinski definition) is 0. The van der Waals surface area contributed by atoms with Gasteiger partial charge < -0.3 is 14.2 Å². The van der Waals surface area contributed by atoms with Crippen LogP contribution < -0.4 is 0 Å². The Balaban J connectivity index is 1.77. The van der Waals surface area contributed by atoms with Gasteiger partial charge in [-0.2, -0.15) is 0 Å². The Morgan fingerprint density at radius 2 is 2.06 bits per heavy atom. The van der Waals surface area contributed by atoms with Crippen molar-refractivity contribution in [3.05, 3.63) is 0 Å². The molecule has 4 nitrogen and oxygen atoms in total. The molecule has 0 aromatic rings. The van der Waals surface area contributed by atoms with Crippen molar-refractivity contribution in [1.82, 2.24) is 0 Å². The van der Waals surface area contributed by atoms with Crippen molar-refractivity contribution in [2.24, 2.45) is 4.99 Å². The summed E-state index contributed by atoms with van der Waals surface area (Å²) in [6.45, 7) is 1.48. The quantitative estimate of drug-likeness (QED) is 0.741. The second kappa shape index (κ2) is 6.21. The molecule has 0 amide bonds. The molecule has 0 aromatic heterocycles. The summed E-state index contributed by atoms with van der Waals surface area (Å²) in [5, 5.41) is 0. The second-order valence-corrected chi connectivity index (χ2v) is 4.38. The largest absolute Gasteiger partial charge is 0.484 e. The van der Waals surface area contributed by atoms with Crippen molar-refractivity contribution < 1.29 is 14.2 Å². The SMILES string of the molecule is COC1=NC(CCC2OCCO2)CCCC1. The van der Waals surface area contributed by atoms with E-state index in [0.29, 0.717) is 6.04 Å². The fourth-order valence-electron chi connectivity index (χ4n) is 2.25. The summed E-state index contributed by atoms with van der Waals surface area (Å²) in [6, 6.07) is 0.394. The monoisotopic (exact) mass is 227 g/mol. The molecule has 2 aliphatic rings. The van der Waals surface area contributed by atoms with E-state index in [1.807, 2.05) is 0 Å². The van der Waals surface area contributed by atoms with Crippen LogP contribution in [0.25, 0.3) is 0 Å². The van der Waals surface area contributed by atoms with Crippen molar-refractivity contribution >= 4 is 5.90 Å². The predicted molar refractivity (Wildman–Crippen MR) is 61.6 cm³/mol. The number of nitrogens with zero attached hydrogens (tertiary/aromatic N) is 1. The van der Waals surface area contributed by atoms with Crippen molar-refractivity contribution in [3.63, 3.8) is 0 Å². The molecule has 1 atom stereocenters. The van der Waals surface area contributed by atoms with Gasteiger partial charge in [0.1, 0.15) is 0 Å². The number of methoxy groups -OCH3 is 1. The summed E-state index contributed by atoms with van der Waals surface area (Å²) in [6.07, 6.45) is 6.59. The van der Waals surface area contributed by atoms with Gasteiger partial charge in [-0.25, -0.2) is 0 Å². The molecular weight excluding hydrogens is 206 g/mol. The Morgan fingerprint density at radius 1 is 1.25 bits per heavy atom. The Hall–Kier alpha value is -0.610. The van der Waals surface area contributed by atoms with Gasteiger partial charge in [-0.1, -0.05) is 6.42 Å². The average molecular weight is 227 g/mol. The highest BCUT2D eigenvalue weighted by atomic mass is 16.7. The van der Waals surface area contributed by atoms with Gasteiger partial charge in [-0.05, 0) is 19.3 Å². The molecule has 1 fully saturated rings. The third-order valence-corrected chi connectivity index (χ3v) is 3.17. The molecule has 4 heteroatoms. The van der Waals surface area contributed by atoms with Crippen LogP contribution in [-0.2, 0) is 14.2 Å². The molecule has 2 heterocycles. The lowest BCUT2D eigenvalue weighted by Crippen LogP contribution is -2.13. The third-order valence-electron chi connectivity index (χ3n) is 3.17. The van der Waals surface area contributed by atoms with E-state index in [2.05, 4.69) is 4.99 Å². The first-order chi connectivity index (χ1) is 7.88. The first-order valence-electron chi connectivity index (χ1n) is 6.22. The number of ether oxygens (including phenoxy) is 3. The van der Waals surface area contributed by atoms with Gasteiger partial charge in [-0.3, -0.25) is 4.99 Å². The molecule has 0 bridgehead atoms. The summed E-state index contributed by atoms with van der Waals surface area (Å²) in [5.74, 6) is 0.913. The molecule has 0 saturated carbocycles. The van der Waals surface area contributed by atoms with Crippen molar-refractivity contribution in [3.8, 4) is 0 Å². The highest BCUT2D eigenvalue weighted by Gasteiger charge is 2.19. The summed E-state index contributed by atoms with van der Waals surface area (Å²) in [7, 11) is 1.71. The molecule has 1 saturated heterocycles. The van der Waals surface area contributed by atoms with Crippen molar-refractivity contribution in [2.45, 2.75) is 50.9 Å². The standard InChI is InChI=1S/C12H21NO3/c1-14-11-5-3-2-4-10(13-11)6-7-12-15-8-9-16-12/h10,12H,2-9H2,1H3. The summed E-state index contributed by atoms with van der Waals surface area (Å²) in [5.41, 5.74) is 0. The minimum Gasteiger partial charge on any atom is -0.484 e. The molecular formula is C12H21NO3. The molecule has 16 heavy (non-hydrogen) atoms. The minimum absolute atomic E-state index is 0.00412. The van der Waals surface area contributed by atoms with Gasteiger partial charge in [0.2, 0.25) is 0 Å². The Bertz CT molecular complexity index is 236. The van der Waals surface area contributed by atoms with Crippen LogP contribution in [0.1, 0.15) is 38.5 Å². The lowest BCUT2D eigenvalue weighted by atomic mass is 10.1. The van der Waals surface area contributed by atoms with Gasteiger partial charge in [0, 0.05) is 12.8 Å². The van der Waals surface area contributed by atoms with E-state index >= 15 is 0 Å². The molecule has 0 spiro atoms. The summed E-state index contributed by atoms with van der Waals surface area (Å²) >= 11 is 0. The summed E-state index contributed by atoms with van der Waals surface area (Å²) in [4.78, 5) is 4.64. The zero-order valence-corrected chi connectivity index (χ0v) is 9.98. The molecule has 1 unspecified atom stereocenters. The fourth-order valence-corrected chi connectivity index (χ4v) is 2.25. The Morgan fingerprint density at radius 3 is 2.81 bits per heavy atom. The van der Waals surface area contributed by atoms with Gasteiger partial charge in [0.05, 0.1) is 26.4 Å². The van der Waals surface area contributed by atoms with Crippen LogP contribution in [0.3, 0.4) is 0 Å². The van der Waals surface area contributed by atoms with Crippen LogP contribution in [0.2, 0.25) is 0 Å². The van der Waals surface area contributed by atoms with E-state index in [1.54, 1.807) is 7.11 Å². The van der Waals surface area contributed by atoms with E-state index in [9.17, 15) is 0 Å². The maximum atomic E-state index is 5.43. The Labute approximate surface area is 97.0 Å². The van der Waals surface area contributed by atoms with Gasteiger partial charge >= 0.3 is 0 Å². The van der Waals surface area contributed by atoms with Crippen LogP contribution in [0.5, 0.6) is 0 Å². The van der Waals surface area contributed by atoms with Gasteiger partial charge in [0.25, 0.3) is 0 Å². The molecule has 0 aromatic carbocycles. The lowest BCUT2D eigenvalue weighted by molar-refractivity contribution is -0.0487. The highest BCUT2D eigenvalue weighted by molar-refractivity contribution is 5.76. The van der Waals surface area contributed by atoms with E-state index in [-0.39, 0.29) is 6.29 Å². The van der Waals surface area contributed by atoms with E-state index in [4.69, 9.17) is 14.2 Å². The zero-order valence-electron chi connectivity index (χ0n) is 9.98. The van der Waals surface area contributed by atoms with Crippen molar-refractivity contribution in [1.29, 1.82) is 0 Å². The predicted octanol–water partition coefficient (Wildman–Crippen LogP) is 2.13. The van der Waals surface area contributed by atoms with E-state index in [0.717, 1.165) is 38.4 Å². The van der Waals surface area contributed by atoms with Crippen LogP contribution in [0.4, 0.5) is 0 Å². The van der Waals surface area contributed by atoms with Gasteiger partial charge in [0.15, 0.2) is 12.2 Å². The normalized spacial score (nSPS) is 27.6. The molecule has 0 N–H and O–H groups in total. The highest BCUT2D eigenvalue weighted by Crippen LogP contribution is 2.20. The number of hydrogen-bond acceptors (Lipinski definition) is 4. The first kappa shape index (κ1) is 11.9. The molecule has 0 radical (unpaired) electrons. The second-order valence-electron chi connectivity index (χ2n) is 4.38. The molecule has 0 aliphatic carbocycles. The smallest absolute Gasteiger partial charge is 0.183 e. The Kier molecular flexibility index (Phi) is 4.60. The average Bonchev–Trinajstić information content (AvgIpc) is 2.71. The lowest BCUT2D eigenvalue weighted by Gasteiger charge is -2.13. The number of aliphatic imine (C=N–C) groups is 1. The zero-order chi connectivity index (χ0) is 11.2. The molecule has 92 valence electrons. The van der Waals surface area contributed by atoms with Crippen molar-refractivity contribution in [2.75, 3.05) is 20.3 Å². The fraction of sp³-hybridized carbons (Fsp3) is 0.917. The topological polar surface area (TPSA) is 40.0 Å². The molecule has 2 aliphatic heterocycles. The maximum Gasteiger partial charge on any atom is 0.183 e. The van der Waals surface area contributed by atoms with Crippen LogP contribution >= 0.6 is 0 Å².